The molecule has 2 saturated carbocycles. The van der Waals surface area contributed by atoms with E-state index in [1.807, 2.05) is 24.3 Å². The first-order chi connectivity index (χ1) is 11.2. The third-order valence-corrected chi connectivity index (χ3v) is 6.25. The summed E-state index contributed by atoms with van der Waals surface area (Å²) in [5, 5.41) is 11.5. The second-order valence-electron chi connectivity index (χ2n) is 6.84. The summed E-state index contributed by atoms with van der Waals surface area (Å²) in [7, 11) is 1.42. The zero-order valence-electron chi connectivity index (χ0n) is 12.6. The van der Waals surface area contributed by atoms with Gasteiger partial charge in [-0.15, -0.1) is 0 Å². The van der Waals surface area contributed by atoms with Gasteiger partial charge in [-0.05, 0) is 30.0 Å². The predicted octanol–water partition coefficient (Wildman–Crippen LogP) is 2.81. The number of amides is 1. The lowest BCUT2D eigenvalue weighted by Gasteiger charge is -2.52. The quantitative estimate of drug-likeness (QED) is 0.860. The molecule has 23 heavy (non-hydrogen) atoms. The molecule has 7 heteroatoms. The molecule has 120 valence electrons. The summed E-state index contributed by atoms with van der Waals surface area (Å²) in [5.74, 6) is 1.32. The Morgan fingerprint density at radius 1 is 1.30 bits per heavy atom. The van der Waals surface area contributed by atoms with E-state index in [1.165, 1.54) is 12.7 Å². The number of hydrogen-bond donors (Lipinski definition) is 1. The lowest BCUT2D eigenvalue weighted by atomic mass is 9.73. The van der Waals surface area contributed by atoms with Gasteiger partial charge in [0.1, 0.15) is 6.04 Å². The van der Waals surface area contributed by atoms with Crippen LogP contribution in [0.5, 0.6) is 0 Å². The second kappa shape index (κ2) is 4.68. The number of rotatable bonds is 1. The van der Waals surface area contributed by atoms with Gasteiger partial charge < -0.3 is 4.74 Å². The minimum atomic E-state index is -0.306. The van der Waals surface area contributed by atoms with Gasteiger partial charge in [-0.2, -0.15) is 10.2 Å². The van der Waals surface area contributed by atoms with Crippen LogP contribution in [-0.4, -0.2) is 36.3 Å². The summed E-state index contributed by atoms with van der Waals surface area (Å²) < 4.78 is 4.84. The summed E-state index contributed by atoms with van der Waals surface area (Å²) >= 11 is 5.99. The predicted molar refractivity (Wildman–Crippen MR) is 82.9 cm³/mol. The van der Waals surface area contributed by atoms with Crippen molar-refractivity contribution in [3.05, 3.63) is 34.9 Å². The highest BCUT2D eigenvalue weighted by molar-refractivity contribution is 6.30. The summed E-state index contributed by atoms with van der Waals surface area (Å²) in [6.45, 7) is 0. The Kier molecular flexibility index (Phi) is 2.79. The number of nitrogens with one attached hydrogen (secondary N) is 1. The van der Waals surface area contributed by atoms with Gasteiger partial charge in [0, 0.05) is 16.9 Å². The largest absolute Gasteiger partial charge is 0.452 e. The number of fused-ring (bicyclic) bond motifs is 8. The lowest BCUT2D eigenvalue weighted by molar-refractivity contribution is -0.0615. The van der Waals surface area contributed by atoms with Gasteiger partial charge in [0.15, 0.2) is 0 Å². The van der Waals surface area contributed by atoms with Crippen LogP contribution in [0.1, 0.15) is 18.0 Å². The topological polar surface area (TPSA) is 66.3 Å². The van der Waals surface area contributed by atoms with Crippen LogP contribution in [0.2, 0.25) is 5.02 Å². The molecule has 2 aliphatic carbocycles. The van der Waals surface area contributed by atoms with Crippen LogP contribution in [-0.2, 0) is 4.74 Å². The number of ether oxygens (including phenoxy) is 1. The van der Waals surface area contributed by atoms with E-state index in [0.717, 1.165) is 11.4 Å². The first kappa shape index (κ1) is 13.7. The molecule has 0 radical (unpaired) electrons. The molecule has 0 spiro atoms. The number of hydrazine groups is 1. The van der Waals surface area contributed by atoms with Crippen LogP contribution in [0.15, 0.2) is 34.5 Å². The summed E-state index contributed by atoms with van der Waals surface area (Å²) in [5.41, 5.74) is 4.45. The fraction of sp³-hybridized carbons (Fsp3) is 0.562. The summed E-state index contributed by atoms with van der Waals surface area (Å²) in [4.78, 5) is 11.8. The third-order valence-electron chi connectivity index (χ3n) is 6.00. The Bertz CT molecular complexity index is 694. The maximum Gasteiger partial charge on any atom is 0.424 e. The van der Waals surface area contributed by atoms with Crippen LogP contribution < -0.4 is 5.43 Å². The fourth-order valence-corrected chi connectivity index (χ4v) is 5.24. The molecule has 1 aromatic carbocycles. The smallest absolute Gasteiger partial charge is 0.424 e. The van der Waals surface area contributed by atoms with Crippen molar-refractivity contribution < 1.29 is 9.53 Å². The number of nitrogens with zero attached hydrogens (tertiary/aromatic N) is 3. The number of carbonyl (C=O) groups excluding carboxylic acids is 1. The Morgan fingerprint density at radius 3 is 2.83 bits per heavy atom. The van der Waals surface area contributed by atoms with E-state index >= 15 is 0 Å². The van der Waals surface area contributed by atoms with Gasteiger partial charge in [0.2, 0.25) is 0 Å². The molecule has 2 bridgehead atoms. The normalized spacial score (nSPS) is 42.3. The summed E-state index contributed by atoms with van der Waals surface area (Å²) in [6.07, 6.45) is 0.799. The number of azo groups is 1. The molecule has 1 N–H and O–H groups in total. The first-order valence-corrected chi connectivity index (χ1v) is 8.35. The van der Waals surface area contributed by atoms with E-state index in [1.54, 1.807) is 5.01 Å². The Balaban J connectivity index is 1.41. The number of hydrogen-bond acceptors (Lipinski definition) is 5. The molecule has 1 saturated heterocycles. The van der Waals surface area contributed by atoms with Crippen molar-refractivity contribution in [2.24, 2.45) is 28.0 Å². The molecular formula is C16H17ClN4O2. The van der Waals surface area contributed by atoms with Crippen molar-refractivity contribution in [3.8, 4) is 0 Å². The monoisotopic (exact) mass is 332 g/mol. The van der Waals surface area contributed by atoms with E-state index < -0.39 is 0 Å². The molecule has 5 rings (SSSR count). The molecule has 7 atom stereocenters. The fourth-order valence-electron chi connectivity index (χ4n) is 5.12. The highest BCUT2D eigenvalue weighted by atomic mass is 35.5. The maximum absolute atomic E-state index is 11.8. The van der Waals surface area contributed by atoms with E-state index in [0.29, 0.717) is 23.8 Å². The highest BCUT2D eigenvalue weighted by Crippen LogP contribution is 2.61. The molecule has 2 aliphatic heterocycles. The van der Waals surface area contributed by atoms with Gasteiger partial charge in [-0.3, -0.25) is 0 Å². The lowest BCUT2D eigenvalue weighted by Crippen LogP contribution is -2.75. The number of benzene rings is 1. The van der Waals surface area contributed by atoms with Crippen LogP contribution in [0, 0.1) is 17.8 Å². The first-order valence-electron chi connectivity index (χ1n) is 7.98. The van der Waals surface area contributed by atoms with Crippen LogP contribution in [0.4, 0.5) is 4.79 Å². The van der Waals surface area contributed by atoms with E-state index in [-0.39, 0.29) is 24.2 Å². The van der Waals surface area contributed by atoms with Gasteiger partial charge in [-0.1, -0.05) is 23.7 Å². The molecule has 1 aromatic rings. The van der Waals surface area contributed by atoms with Gasteiger partial charge >= 0.3 is 6.09 Å². The van der Waals surface area contributed by atoms with Gasteiger partial charge in [-0.25, -0.2) is 15.2 Å². The van der Waals surface area contributed by atoms with Crippen molar-refractivity contribution >= 4 is 17.7 Å². The van der Waals surface area contributed by atoms with Crippen LogP contribution in [0.25, 0.3) is 0 Å². The van der Waals surface area contributed by atoms with Crippen LogP contribution >= 0.6 is 11.6 Å². The number of methoxy groups -OCH3 is 1. The third kappa shape index (κ3) is 1.71. The van der Waals surface area contributed by atoms with E-state index in [2.05, 4.69) is 15.7 Å². The van der Waals surface area contributed by atoms with Gasteiger partial charge in [0.05, 0.1) is 25.2 Å². The Labute approximate surface area is 138 Å². The molecule has 2 heterocycles. The van der Waals surface area contributed by atoms with Crippen molar-refractivity contribution in [2.45, 2.75) is 30.6 Å². The second-order valence-corrected chi connectivity index (χ2v) is 7.28. The van der Waals surface area contributed by atoms with Crippen molar-refractivity contribution in [1.29, 1.82) is 0 Å². The highest BCUT2D eigenvalue weighted by Gasteiger charge is 2.68. The average molecular weight is 333 g/mol. The Hall–Kier alpha value is -1.66. The zero-order chi connectivity index (χ0) is 15.7. The molecule has 1 amide bonds. The Morgan fingerprint density at radius 2 is 2.09 bits per heavy atom. The van der Waals surface area contributed by atoms with E-state index in [4.69, 9.17) is 16.3 Å². The average Bonchev–Trinajstić information content (AvgIpc) is 3.16. The zero-order valence-corrected chi connectivity index (χ0v) is 13.3. The van der Waals surface area contributed by atoms with Crippen molar-refractivity contribution in [3.63, 3.8) is 0 Å². The number of halogens is 1. The van der Waals surface area contributed by atoms with Crippen molar-refractivity contribution in [1.82, 2.24) is 10.4 Å². The molecule has 6 nitrogen and oxygen atoms in total. The SMILES string of the molecule is COC(=O)N1N[C@@H]2[C@H]1[C@@H]1C[C@H]2C2C(c3ccc(Cl)cc3)N=NC21. The molecular weight excluding hydrogens is 316 g/mol. The minimum Gasteiger partial charge on any atom is -0.452 e. The molecule has 0 aromatic heterocycles. The number of carbonyl (C=O) groups is 1. The molecule has 3 unspecified atom stereocenters. The molecule has 4 aliphatic rings. The summed E-state index contributed by atoms with van der Waals surface area (Å²) in [6, 6.07) is 8.81. The maximum atomic E-state index is 11.8. The van der Waals surface area contributed by atoms with Gasteiger partial charge in [0.25, 0.3) is 0 Å². The standard InChI is InChI=1S/C16H17ClN4O2/c1-23-16(22)21-15-10-6-9(14(15)20-21)11-12(18-19-13(10)11)7-2-4-8(17)5-3-7/h2-5,9-15,20H,6H2,1H3/t9-,10+,11?,12?,13?,14-,15+/m0/s1. The minimum absolute atomic E-state index is 0.113. The molecule has 3 fully saturated rings. The van der Waals surface area contributed by atoms with Crippen LogP contribution in [0.3, 0.4) is 0 Å². The van der Waals surface area contributed by atoms with Crippen molar-refractivity contribution in [2.75, 3.05) is 7.11 Å². The van der Waals surface area contributed by atoms with E-state index in [9.17, 15) is 4.79 Å².